The van der Waals surface area contributed by atoms with Crippen molar-refractivity contribution in [1.82, 2.24) is 4.57 Å². The molecule has 1 aromatic carbocycles. The molecule has 2 aromatic rings. The second-order valence-electron chi connectivity index (χ2n) is 3.69. The van der Waals surface area contributed by atoms with E-state index in [1.54, 1.807) is 7.11 Å². The second kappa shape index (κ2) is 3.89. The molecule has 16 heavy (non-hydrogen) atoms. The molecule has 0 aliphatic heterocycles. The Morgan fingerprint density at radius 1 is 1.50 bits per heavy atom. The summed E-state index contributed by atoms with van der Waals surface area (Å²) in [6, 6.07) is 5.65. The Kier molecular flexibility index (Phi) is 2.56. The van der Waals surface area contributed by atoms with Gasteiger partial charge in [-0.3, -0.25) is 4.79 Å². The molecule has 0 radical (unpaired) electrons. The van der Waals surface area contributed by atoms with Crippen LogP contribution in [0.4, 0.5) is 0 Å². The van der Waals surface area contributed by atoms with Crippen molar-refractivity contribution in [3.63, 3.8) is 0 Å². The van der Waals surface area contributed by atoms with Crippen molar-refractivity contribution < 1.29 is 14.6 Å². The number of carboxylic acid groups (broad SMARTS) is 1. The highest BCUT2D eigenvalue weighted by Gasteiger charge is 2.12. The number of benzene rings is 1. The van der Waals surface area contributed by atoms with Crippen molar-refractivity contribution in [3.8, 4) is 5.75 Å². The smallest absolute Gasteiger partial charge is 0.307 e. The number of rotatable bonds is 3. The van der Waals surface area contributed by atoms with Gasteiger partial charge in [-0.25, -0.2) is 0 Å². The Bertz CT molecular complexity index is 542. The van der Waals surface area contributed by atoms with E-state index in [-0.39, 0.29) is 6.42 Å². The van der Waals surface area contributed by atoms with E-state index in [1.807, 2.05) is 36.0 Å². The SMILES string of the molecule is COc1cccc2c(CC(=O)O)cn(C)c12. The van der Waals surface area contributed by atoms with Crippen molar-refractivity contribution in [2.45, 2.75) is 6.42 Å². The molecule has 0 aliphatic rings. The number of hydrogen-bond acceptors (Lipinski definition) is 2. The highest BCUT2D eigenvalue weighted by molar-refractivity contribution is 5.91. The van der Waals surface area contributed by atoms with E-state index >= 15 is 0 Å². The fourth-order valence-electron chi connectivity index (χ4n) is 1.98. The van der Waals surface area contributed by atoms with Gasteiger partial charge >= 0.3 is 5.97 Å². The monoisotopic (exact) mass is 219 g/mol. The maximum atomic E-state index is 10.7. The lowest BCUT2D eigenvalue weighted by atomic mass is 10.1. The predicted octanol–water partition coefficient (Wildman–Crippen LogP) is 1.81. The summed E-state index contributed by atoms with van der Waals surface area (Å²) >= 11 is 0. The van der Waals surface area contributed by atoms with Gasteiger partial charge in [-0.1, -0.05) is 12.1 Å². The van der Waals surface area contributed by atoms with Crippen LogP contribution in [-0.2, 0) is 18.3 Å². The molecule has 4 heteroatoms. The van der Waals surface area contributed by atoms with Gasteiger partial charge in [0.25, 0.3) is 0 Å². The fourth-order valence-corrected chi connectivity index (χ4v) is 1.98. The molecule has 2 rings (SSSR count). The average Bonchev–Trinajstić information content (AvgIpc) is 2.55. The Balaban J connectivity index is 2.66. The molecular weight excluding hydrogens is 206 g/mol. The van der Waals surface area contributed by atoms with E-state index < -0.39 is 5.97 Å². The van der Waals surface area contributed by atoms with Crippen LogP contribution in [0.3, 0.4) is 0 Å². The highest BCUT2D eigenvalue weighted by Crippen LogP contribution is 2.29. The summed E-state index contributed by atoms with van der Waals surface area (Å²) in [6.45, 7) is 0. The Labute approximate surface area is 93.1 Å². The van der Waals surface area contributed by atoms with E-state index in [0.717, 1.165) is 22.2 Å². The van der Waals surface area contributed by atoms with Gasteiger partial charge in [0.1, 0.15) is 5.75 Å². The van der Waals surface area contributed by atoms with Crippen LogP contribution in [0.5, 0.6) is 5.75 Å². The molecule has 0 fully saturated rings. The molecule has 0 atom stereocenters. The zero-order valence-electron chi connectivity index (χ0n) is 9.23. The molecule has 0 amide bonds. The van der Waals surface area contributed by atoms with Crippen molar-refractivity contribution in [2.24, 2.45) is 7.05 Å². The zero-order valence-corrected chi connectivity index (χ0v) is 9.23. The molecule has 0 bridgehead atoms. The number of aromatic nitrogens is 1. The standard InChI is InChI=1S/C12H13NO3/c1-13-7-8(6-11(14)15)9-4-3-5-10(16-2)12(9)13/h3-5,7H,6H2,1-2H3,(H,14,15). The first-order valence-electron chi connectivity index (χ1n) is 4.96. The summed E-state index contributed by atoms with van der Waals surface area (Å²) < 4.78 is 7.15. The molecule has 0 aliphatic carbocycles. The summed E-state index contributed by atoms with van der Waals surface area (Å²) in [5.74, 6) is -0.0630. The lowest BCUT2D eigenvalue weighted by Gasteiger charge is -2.03. The molecule has 4 nitrogen and oxygen atoms in total. The summed E-state index contributed by atoms with van der Waals surface area (Å²) in [5, 5.41) is 9.76. The number of aliphatic carboxylic acids is 1. The number of hydrogen-bond donors (Lipinski definition) is 1. The van der Waals surface area contributed by atoms with Crippen LogP contribution < -0.4 is 4.74 Å². The van der Waals surface area contributed by atoms with Crippen LogP contribution in [-0.4, -0.2) is 22.8 Å². The van der Waals surface area contributed by atoms with Crippen LogP contribution in [0.25, 0.3) is 10.9 Å². The summed E-state index contributed by atoms with van der Waals surface area (Å²) in [6.07, 6.45) is 1.87. The maximum Gasteiger partial charge on any atom is 0.307 e. The number of nitrogens with zero attached hydrogens (tertiary/aromatic N) is 1. The molecule has 1 N–H and O–H groups in total. The number of ether oxygens (including phenoxy) is 1. The molecule has 0 saturated heterocycles. The lowest BCUT2D eigenvalue weighted by Crippen LogP contribution is -1.98. The van der Waals surface area contributed by atoms with Gasteiger partial charge in [-0.05, 0) is 11.6 Å². The Hall–Kier alpha value is -1.97. The van der Waals surface area contributed by atoms with E-state index in [9.17, 15) is 4.79 Å². The minimum Gasteiger partial charge on any atom is -0.495 e. The minimum atomic E-state index is -0.824. The van der Waals surface area contributed by atoms with Crippen LogP contribution in [0.2, 0.25) is 0 Å². The first-order chi connectivity index (χ1) is 7.63. The quantitative estimate of drug-likeness (QED) is 0.856. The van der Waals surface area contributed by atoms with E-state index in [1.165, 1.54) is 0 Å². The number of para-hydroxylation sites is 1. The van der Waals surface area contributed by atoms with Gasteiger partial charge in [-0.15, -0.1) is 0 Å². The lowest BCUT2D eigenvalue weighted by molar-refractivity contribution is -0.136. The molecule has 0 unspecified atom stereocenters. The third kappa shape index (κ3) is 1.62. The maximum absolute atomic E-state index is 10.7. The van der Waals surface area contributed by atoms with Crippen LogP contribution in [0.15, 0.2) is 24.4 Å². The number of carbonyl (C=O) groups is 1. The van der Waals surface area contributed by atoms with E-state index in [4.69, 9.17) is 9.84 Å². The first-order valence-corrected chi connectivity index (χ1v) is 4.96. The van der Waals surface area contributed by atoms with E-state index in [0.29, 0.717) is 0 Å². The number of aryl methyl sites for hydroxylation is 1. The third-order valence-corrected chi connectivity index (χ3v) is 2.61. The van der Waals surface area contributed by atoms with Gasteiger partial charge in [0.15, 0.2) is 0 Å². The summed E-state index contributed by atoms with van der Waals surface area (Å²) in [7, 11) is 3.49. The van der Waals surface area contributed by atoms with Gasteiger partial charge in [0.2, 0.25) is 0 Å². The zero-order chi connectivity index (χ0) is 11.7. The molecular formula is C12H13NO3. The summed E-state index contributed by atoms with van der Waals surface area (Å²) in [5.41, 5.74) is 1.74. The molecule has 0 saturated carbocycles. The summed E-state index contributed by atoms with van der Waals surface area (Å²) in [4.78, 5) is 10.7. The molecule has 0 spiro atoms. The van der Waals surface area contributed by atoms with Crippen molar-refractivity contribution >= 4 is 16.9 Å². The van der Waals surface area contributed by atoms with Crippen LogP contribution in [0, 0.1) is 0 Å². The highest BCUT2D eigenvalue weighted by atomic mass is 16.5. The molecule has 1 heterocycles. The van der Waals surface area contributed by atoms with Crippen molar-refractivity contribution in [3.05, 3.63) is 30.0 Å². The Morgan fingerprint density at radius 3 is 2.88 bits per heavy atom. The number of fused-ring (bicyclic) bond motifs is 1. The van der Waals surface area contributed by atoms with Crippen LogP contribution in [0.1, 0.15) is 5.56 Å². The normalized spacial score (nSPS) is 10.6. The predicted molar refractivity (Wildman–Crippen MR) is 60.8 cm³/mol. The fraction of sp³-hybridized carbons (Fsp3) is 0.250. The van der Waals surface area contributed by atoms with Gasteiger partial charge < -0.3 is 14.4 Å². The largest absolute Gasteiger partial charge is 0.495 e. The third-order valence-electron chi connectivity index (χ3n) is 2.61. The van der Waals surface area contributed by atoms with Gasteiger partial charge in [0.05, 0.1) is 19.0 Å². The van der Waals surface area contributed by atoms with Crippen LogP contribution >= 0.6 is 0 Å². The molecule has 1 aromatic heterocycles. The molecule has 84 valence electrons. The Morgan fingerprint density at radius 2 is 2.25 bits per heavy atom. The average molecular weight is 219 g/mol. The second-order valence-corrected chi connectivity index (χ2v) is 3.69. The number of carboxylic acids is 1. The van der Waals surface area contributed by atoms with E-state index in [2.05, 4.69) is 0 Å². The van der Waals surface area contributed by atoms with Gasteiger partial charge in [-0.2, -0.15) is 0 Å². The van der Waals surface area contributed by atoms with Crippen molar-refractivity contribution in [1.29, 1.82) is 0 Å². The van der Waals surface area contributed by atoms with Gasteiger partial charge in [0, 0.05) is 18.6 Å². The number of methoxy groups -OCH3 is 1. The topological polar surface area (TPSA) is 51.5 Å². The first kappa shape index (κ1) is 10.5. The van der Waals surface area contributed by atoms with Crippen molar-refractivity contribution in [2.75, 3.05) is 7.11 Å². The minimum absolute atomic E-state index is 0.0322.